The van der Waals surface area contributed by atoms with Gasteiger partial charge in [0.25, 0.3) is 0 Å². The van der Waals surface area contributed by atoms with E-state index in [1.165, 1.54) is 6.07 Å². The summed E-state index contributed by atoms with van der Waals surface area (Å²) >= 11 is 0. The Morgan fingerprint density at radius 1 is 1.16 bits per heavy atom. The maximum atomic E-state index is 14.1. The number of ether oxygens (including phenoxy) is 1. The predicted molar refractivity (Wildman–Crippen MR) is 91.1 cm³/mol. The molecule has 0 atom stereocenters. The SMILES string of the molecule is CCOc1ccc(CCC2CCC(/C=C(\F)CCF)CC2)c(F)c1F. The highest BCUT2D eigenvalue weighted by Crippen LogP contribution is 2.34. The Hall–Kier alpha value is -1.52. The zero-order valence-electron chi connectivity index (χ0n) is 14.7. The lowest BCUT2D eigenvalue weighted by Crippen LogP contribution is -2.14. The second-order valence-corrected chi connectivity index (χ2v) is 6.66. The van der Waals surface area contributed by atoms with Gasteiger partial charge in [0.05, 0.1) is 19.1 Å². The van der Waals surface area contributed by atoms with Crippen molar-refractivity contribution >= 4 is 0 Å². The molecule has 1 aromatic carbocycles. The summed E-state index contributed by atoms with van der Waals surface area (Å²) in [5.41, 5.74) is 0.372. The number of aryl methyl sites for hydroxylation is 1. The van der Waals surface area contributed by atoms with Crippen molar-refractivity contribution in [1.29, 1.82) is 0 Å². The van der Waals surface area contributed by atoms with Gasteiger partial charge in [-0.3, -0.25) is 4.39 Å². The van der Waals surface area contributed by atoms with Crippen LogP contribution in [0.15, 0.2) is 24.0 Å². The van der Waals surface area contributed by atoms with Crippen molar-refractivity contribution in [2.75, 3.05) is 13.3 Å². The highest BCUT2D eigenvalue weighted by atomic mass is 19.2. The molecule has 1 fully saturated rings. The number of halogens is 4. The lowest BCUT2D eigenvalue weighted by Gasteiger charge is -2.27. The molecule has 0 aromatic heterocycles. The van der Waals surface area contributed by atoms with Crippen LogP contribution in [0.4, 0.5) is 17.6 Å². The van der Waals surface area contributed by atoms with Gasteiger partial charge in [-0.2, -0.15) is 4.39 Å². The summed E-state index contributed by atoms with van der Waals surface area (Å²) in [5.74, 6) is -1.55. The molecular formula is C20H26F4O. The fraction of sp³-hybridized carbons (Fsp3) is 0.600. The van der Waals surface area contributed by atoms with E-state index >= 15 is 0 Å². The Morgan fingerprint density at radius 3 is 2.52 bits per heavy atom. The van der Waals surface area contributed by atoms with Gasteiger partial charge in [-0.25, -0.2) is 8.78 Å². The molecule has 0 saturated heterocycles. The maximum absolute atomic E-state index is 14.1. The minimum Gasteiger partial charge on any atom is -0.491 e. The largest absolute Gasteiger partial charge is 0.491 e. The fourth-order valence-electron chi connectivity index (χ4n) is 3.46. The second-order valence-electron chi connectivity index (χ2n) is 6.66. The summed E-state index contributed by atoms with van der Waals surface area (Å²) in [6.45, 7) is 1.35. The highest BCUT2D eigenvalue weighted by Gasteiger charge is 2.21. The van der Waals surface area contributed by atoms with Crippen LogP contribution in [-0.2, 0) is 6.42 Å². The lowest BCUT2D eigenvalue weighted by molar-refractivity contribution is 0.290. The molecule has 1 nitrogen and oxygen atoms in total. The maximum Gasteiger partial charge on any atom is 0.200 e. The van der Waals surface area contributed by atoms with Gasteiger partial charge in [0.1, 0.15) is 0 Å². The first-order valence-electron chi connectivity index (χ1n) is 9.07. The average molecular weight is 358 g/mol. The highest BCUT2D eigenvalue weighted by molar-refractivity contribution is 5.31. The number of allylic oxidation sites excluding steroid dienone is 2. The normalized spacial score (nSPS) is 21.4. The molecule has 0 amide bonds. The van der Waals surface area contributed by atoms with E-state index in [2.05, 4.69) is 0 Å². The molecule has 5 heteroatoms. The van der Waals surface area contributed by atoms with Gasteiger partial charge < -0.3 is 4.74 Å². The van der Waals surface area contributed by atoms with Crippen LogP contribution >= 0.6 is 0 Å². The standard InChI is InChI=1S/C20H26F4O/c1-2-25-18-10-9-16(19(23)20(18)24)8-7-14-3-5-15(6-4-14)13-17(22)11-12-21/h9-10,13-15H,2-8,11-12H2,1H3/b17-13-. The van der Waals surface area contributed by atoms with Crippen LogP contribution in [-0.4, -0.2) is 13.3 Å². The van der Waals surface area contributed by atoms with E-state index < -0.39 is 18.3 Å². The number of alkyl halides is 1. The van der Waals surface area contributed by atoms with Crippen molar-refractivity contribution in [1.82, 2.24) is 0 Å². The van der Waals surface area contributed by atoms with E-state index in [1.54, 1.807) is 19.1 Å². The minimum absolute atomic E-state index is 0.0497. The number of benzene rings is 1. The Labute approximate surface area is 147 Å². The van der Waals surface area contributed by atoms with Crippen LogP contribution in [0.1, 0.15) is 51.0 Å². The molecule has 0 bridgehead atoms. The average Bonchev–Trinajstić information content (AvgIpc) is 2.60. The molecule has 0 heterocycles. The number of hydrogen-bond acceptors (Lipinski definition) is 1. The van der Waals surface area contributed by atoms with Crippen LogP contribution in [0.25, 0.3) is 0 Å². The van der Waals surface area contributed by atoms with Crippen molar-refractivity contribution in [2.45, 2.75) is 51.9 Å². The molecule has 25 heavy (non-hydrogen) atoms. The smallest absolute Gasteiger partial charge is 0.200 e. The quantitative estimate of drug-likeness (QED) is 0.494. The van der Waals surface area contributed by atoms with Crippen molar-refractivity contribution in [2.24, 2.45) is 11.8 Å². The predicted octanol–water partition coefficient (Wildman–Crippen LogP) is 6.32. The van der Waals surface area contributed by atoms with Gasteiger partial charge in [-0.15, -0.1) is 0 Å². The molecule has 140 valence electrons. The van der Waals surface area contributed by atoms with E-state index in [-0.39, 0.29) is 23.9 Å². The van der Waals surface area contributed by atoms with Gasteiger partial charge in [0.2, 0.25) is 5.82 Å². The minimum atomic E-state index is -0.920. The van der Waals surface area contributed by atoms with Crippen LogP contribution in [0, 0.1) is 23.5 Å². The zero-order valence-corrected chi connectivity index (χ0v) is 14.7. The van der Waals surface area contributed by atoms with E-state index in [0.29, 0.717) is 24.5 Å². The Balaban J connectivity index is 1.83. The third-order valence-corrected chi connectivity index (χ3v) is 4.89. The van der Waals surface area contributed by atoms with Gasteiger partial charge in [-0.05, 0) is 75.0 Å². The van der Waals surface area contributed by atoms with Crippen molar-refractivity contribution in [3.05, 3.63) is 41.2 Å². The zero-order chi connectivity index (χ0) is 18.2. The molecule has 0 radical (unpaired) electrons. The molecular weight excluding hydrogens is 332 g/mol. The van der Waals surface area contributed by atoms with E-state index in [1.807, 2.05) is 0 Å². The van der Waals surface area contributed by atoms with Gasteiger partial charge in [-0.1, -0.05) is 6.07 Å². The second kappa shape index (κ2) is 9.83. The monoisotopic (exact) mass is 358 g/mol. The summed E-state index contributed by atoms with van der Waals surface area (Å²) in [5, 5.41) is 0. The molecule has 1 aliphatic carbocycles. The topological polar surface area (TPSA) is 9.23 Å². The van der Waals surface area contributed by atoms with Crippen LogP contribution in [0.3, 0.4) is 0 Å². The van der Waals surface area contributed by atoms with E-state index in [0.717, 1.165) is 32.1 Å². The summed E-state index contributed by atoms with van der Waals surface area (Å²) < 4.78 is 58.5. The first kappa shape index (κ1) is 19.8. The van der Waals surface area contributed by atoms with Crippen molar-refractivity contribution in [3.63, 3.8) is 0 Å². The van der Waals surface area contributed by atoms with Gasteiger partial charge in [0, 0.05) is 6.42 Å². The van der Waals surface area contributed by atoms with Crippen LogP contribution in [0.5, 0.6) is 5.75 Å². The van der Waals surface area contributed by atoms with Crippen LogP contribution < -0.4 is 4.74 Å². The summed E-state index contributed by atoms with van der Waals surface area (Å²) in [7, 11) is 0. The molecule has 0 spiro atoms. The van der Waals surface area contributed by atoms with E-state index in [4.69, 9.17) is 4.74 Å². The van der Waals surface area contributed by atoms with Gasteiger partial charge in [0.15, 0.2) is 11.6 Å². The molecule has 0 aliphatic heterocycles. The van der Waals surface area contributed by atoms with Crippen molar-refractivity contribution < 1.29 is 22.3 Å². The lowest BCUT2D eigenvalue weighted by atomic mass is 9.79. The van der Waals surface area contributed by atoms with E-state index in [9.17, 15) is 17.6 Å². The van der Waals surface area contributed by atoms with Gasteiger partial charge >= 0.3 is 0 Å². The number of rotatable bonds is 8. The number of hydrogen-bond donors (Lipinski definition) is 0. The molecule has 1 aliphatic rings. The summed E-state index contributed by atoms with van der Waals surface area (Å²) in [6.07, 6.45) is 6.29. The molecule has 2 rings (SSSR count). The molecule has 0 unspecified atom stereocenters. The Bertz CT molecular complexity index is 577. The Morgan fingerprint density at radius 2 is 1.88 bits per heavy atom. The molecule has 0 N–H and O–H groups in total. The molecule has 1 saturated carbocycles. The molecule has 1 aromatic rings. The van der Waals surface area contributed by atoms with Crippen LogP contribution in [0.2, 0.25) is 0 Å². The fourth-order valence-corrected chi connectivity index (χ4v) is 3.46. The summed E-state index contributed by atoms with van der Waals surface area (Å²) in [6, 6.07) is 3.07. The first-order chi connectivity index (χ1) is 12.0. The summed E-state index contributed by atoms with van der Waals surface area (Å²) in [4.78, 5) is 0. The Kier molecular flexibility index (Phi) is 7.79. The first-order valence-corrected chi connectivity index (χ1v) is 9.07. The third kappa shape index (κ3) is 5.75. The van der Waals surface area contributed by atoms with Crippen molar-refractivity contribution in [3.8, 4) is 5.75 Å². The third-order valence-electron chi connectivity index (χ3n) is 4.89.